The second kappa shape index (κ2) is 6.31. The molecule has 21 heavy (non-hydrogen) atoms. The Balaban J connectivity index is 2.38. The Kier molecular flexibility index (Phi) is 4.68. The topological polar surface area (TPSA) is 12.0 Å². The lowest BCUT2D eigenvalue weighted by Gasteiger charge is -2.23. The van der Waals surface area contributed by atoms with Crippen LogP contribution in [0.25, 0.3) is 0 Å². The van der Waals surface area contributed by atoms with Crippen LogP contribution in [0.4, 0.5) is 13.2 Å². The molecule has 2 aromatic carbocycles. The molecule has 0 fully saturated rings. The number of alkyl halides is 3. The highest BCUT2D eigenvalue weighted by Gasteiger charge is 2.29. The minimum atomic E-state index is -4.23. The van der Waals surface area contributed by atoms with E-state index in [9.17, 15) is 13.2 Å². The molecule has 0 heterocycles. The molecule has 0 amide bonds. The summed E-state index contributed by atoms with van der Waals surface area (Å²) in [6.45, 7) is 2.84. The van der Waals surface area contributed by atoms with Gasteiger partial charge in [0.1, 0.15) is 0 Å². The molecular formula is C17H18F3N. The average molecular weight is 293 g/mol. The van der Waals surface area contributed by atoms with Gasteiger partial charge in [-0.2, -0.15) is 13.2 Å². The third-order valence-corrected chi connectivity index (χ3v) is 3.39. The van der Waals surface area contributed by atoms with Crippen molar-refractivity contribution < 1.29 is 13.2 Å². The largest absolute Gasteiger partial charge is 0.401 e. The van der Waals surface area contributed by atoms with Gasteiger partial charge in [-0.3, -0.25) is 5.32 Å². The van der Waals surface area contributed by atoms with Gasteiger partial charge in [0.25, 0.3) is 0 Å². The summed E-state index contributed by atoms with van der Waals surface area (Å²) >= 11 is 0. The molecule has 0 aromatic heterocycles. The van der Waals surface area contributed by atoms with Crippen LogP contribution in [0.1, 0.15) is 28.3 Å². The lowest BCUT2D eigenvalue weighted by Crippen LogP contribution is -2.33. The molecule has 0 saturated heterocycles. The molecule has 2 rings (SSSR count). The Bertz CT molecular complexity index is 591. The molecule has 1 N–H and O–H groups in total. The molecule has 0 aliphatic heterocycles. The molecule has 1 unspecified atom stereocenters. The van der Waals surface area contributed by atoms with Crippen LogP contribution >= 0.6 is 0 Å². The van der Waals surface area contributed by atoms with Crippen molar-refractivity contribution in [1.82, 2.24) is 5.32 Å². The fraction of sp³-hybridized carbons (Fsp3) is 0.294. The fourth-order valence-electron chi connectivity index (χ4n) is 2.34. The SMILES string of the molecule is Cc1ccc(C)c(C(NCC(F)(F)F)c2ccccc2)c1. The van der Waals surface area contributed by atoms with Crippen molar-refractivity contribution in [2.24, 2.45) is 0 Å². The third kappa shape index (κ3) is 4.33. The highest BCUT2D eigenvalue weighted by Crippen LogP contribution is 2.27. The molecular weight excluding hydrogens is 275 g/mol. The van der Waals surface area contributed by atoms with Gasteiger partial charge in [0, 0.05) is 0 Å². The summed E-state index contributed by atoms with van der Waals surface area (Å²) in [4.78, 5) is 0. The number of benzene rings is 2. The molecule has 1 nitrogen and oxygen atoms in total. The molecule has 1 atom stereocenters. The number of halogens is 3. The van der Waals surface area contributed by atoms with Crippen LogP contribution in [0, 0.1) is 13.8 Å². The Morgan fingerprint density at radius 2 is 1.67 bits per heavy atom. The summed E-state index contributed by atoms with van der Waals surface area (Å²) < 4.78 is 37.7. The van der Waals surface area contributed by atoms with Gasteiger partial charge in [0.2, 0.25) is 0 Å². The van der Waals surface area contributed by atoms with Crippen molar-refractivity contribution in [2.45, 2.75) is 26.1 Å². The van der Waals surface area contributed by atoms with Gasteiger partial charge < -0.3 is 0 Å². The van der Waals surface area contributed by atoms with E-state index in [1.807, 2.05) is 62.4 Å². The normalized spacial score (nSPS) is 13.2. The van der Waals surface area contributed by atoms with Gasteiger partial charge in [-0.25, -0.2) is 0 Å². The van der Waals surface area contributed by atoms with Crippen LogP contribution < -0.4 is 5.32 Å². The minimum absolute atomic E-state index is 0.465. The number of hydrogen-bond donors (Lipinski definition) is 1. The van der Waals surface area contributed by atoms with Crippen LogP contribution in [0.5, 0.6) is 0 Å². The molecule has 0 bridgehead atoms. The van der Waals surface area contributed by atoms with Crippen LogP contribution in [0.15, 0.2) is 48.5 Å². The molecule has 0 aliphatic rings. The molecule has 0 spiro atoms. The van der Waals surface area contributed by atoms with Gasteiger partial charge in [-0.05, 0) is 30.5 Å². The minimum Gasteiger partial charge on any atom is -0.298 e. The maximum atomic E-state index is 12.6. The van der Waals surface area contributed by atoms with Crippen molar-refractivity contribution in [1.29, 1.82) is 0 Å². The smallest absolute Gasteiger partial charge is 0.298 e. The number of rotatable bonds is 4. The van der Waals surface area contributed by atoms with Crippen molar-refractivity contribution in [3.8, 4) is 0 Å². The Labute approximate surface area is 122 Å². The van der Waals surface area contributed by atoms with Crippen LogP contribution in [0.2, 0.25) is 0 Å². The van der Waals surface area contributed by atoms with E-state index in [-0.39, 0.29) is 0 Å². The predicted octanol–water partition coefficient (Wildman–Crippen LogP) is 4.54. The first-order chi connectivity index (χ1) is 9.87. The zero-order valence-electron chi connectivity index (χ0n) is 12.0. The standard InChI is InChI=1S/C17H18F3N/c1-12-8-9-13(2)15(10-12)16(21-11-17(18,19)20)14-6-4-3-5-7-14/h3-10,16,21H,11H2,1-2H3. The summed E-state index contributed by atoms with van der Waals surface area (Å²) in [6, 6.07) is 14.6. The van der Waals surface area contributed by atoms with E-state index in [1.54, 1.807) is 0 Å². The molecule has 0 saturated carbocycles. The van der Waals surface area contributed by atoms with Crippen LogP contribution in [-0.4, -0.2) is 12.7 Å². The number of aryl methyl sites for hydroxylation is 2. The second-order valence-corrected chi connectivity index (χ2v) is 5.20. The molecule has 2 aromatic rings. The van der Waals surface area contributed by atoms with Crippen molar-refractivity contribution in [2.75, 3.05) is 6.54 Å². The highest BCUT2D eigenvalue weighted by molar-refractivity contribution is 5.39. The van der Waals surface area contributed by atoms with E-state index in [2.05, 4.69) is 5.32 Å². The summed E-state index contributed by atoms with van der Waals surface area (Å²) in [6.07, 6.45) is -4.23. The highest BCUT2D eigenvalue weighted by atomic mass is 19.4. The number of nitrogens with one attached hydrogen (secondary N) is 1. The van der Waals surface area contributed by atoms with Gasteiger partial charge in [0.05, 0.1) is 12.6 Å². The van der Waals surface area contributed by atoms with Gasteiger partial charge in [-0.1, -0.05) is 54.1 Å². The summed E-state index contributed by atoms with van der Waals surface area (Å²) in [5.74, 6) is 0. The fourth-order valence-corrected chi connectivity index (χ4v) is 2.34. The van der Waals surface area contributed by atoms with E-state index in [1.165, 1.54) is 0 Å². The Morgan fingerprint density at radius 3 is 2.29 bits per heavy atom. The van der Waals surface area contributed by atoms with E-state index in [4.69, 9.17) is 0 Å². The lowest BCUT2D eigenvalue weighted by atomic mass is 9.93. The summed E-state index contributed by atoms with van der Waals surface area (Å²) in [7, 11) is 0. The van der Waals surface area contributed by atoms with Gasteiger partial charge in [0.15, 0.2) is 0 Å². The van der Waals surface area contributed by atoms with E-state index in [0.717, 1.165) is 22.3 Å². The van der Waals surface area contributed by atoms with Crippen molar-refractivity contribution in [3.63, 3.8) is 0 Å². The quantitative estimate of drug-likeness (QED) is 0.872. The molecule has 0 aliphatic carbocycles. The predicted molar refractivity (Wildman–Crippen MR) is 78.3 cm³/mol. The van der Waals surface area contributed by atoms with Crippen molar-refractivity contribution >= 4 is 0 Å². The summed E-state index contributed by atoms with van der Waals surface area (Å²) in [5, 5.41) is 2.64. The van der Waals surface area contributed by atoms with Gasteiger partial charge >= 0.3 is 6.18 Å². The molecule has 0 radical (unpaired) electrons. The van der Waals surface area contributed by atoms with Crippen LogP contribution in [-0.2, 0) is 0 Å². The molecule has 4 heteroatoms. The first-order valence-electron chi connectivity index (χ1n) is 6.79. The van der Waals surface area contributed by atoms with Crippen LogP contribution in [0.3, 0.4) is 0 Å². The zero-order valence-corrected chi connectivity index (χ0v) is 12.0. The van der Waals surface area contributed by atoms with Crippen molar-refractivity contribution in [3.05, 3.63) is 70.8 Å². The maximum Gasteiger partial charge on any atom is 0.401 e. The average Bonchev–Trinajstić information content (AvgIpc) is 2.43. The monoisotopic (exact) mass is 293 g/mol. The maximum absolute atomic E-state index is 12.6. The van der Waals surface area contributed by atoms with Gasteiger partial charge in [-0.15, -0.1) is 0 Å². The zero-order chi connectivity index (χ0) is 15.5. The Morgan fingerprint density at radius 1 is 1.00 bits per heavy atom. The lowest BCUT2D eigenvalue weighted by molar-refractivity contribution is -0.125. The van der Waals surface area contributed by atoms with E-state index >= 15 is 0 Å². The summed E-state index contributed by atoms with van der Waals surface area (Å²) in [5.41, 5.74) is 3.72. The second-order valence-electron chi connectivity index (χ2n) is 5.20. The van der Waals surface area contributed by atoms with E-state index in [0.29, 0.717) is 0 Å². The third-order valence-electron chi connectivity index (χ3n) is 3.39. The Hall–Kier alpha value is -1.81. The number of hydrogen-bond acceptors (Lipinski definition) is 1. The first kappa shape index (κ1) is 15.6. The van der Waals surface area contributed by atoms with E-state index < -0.39 is 18.8 Å². The molecule has 112 valence electrons. The first-order valence-corrected chi connectivity index (χ1v) is 6.79.